The molecule has 0 unspecified atom stereocenters. The molecule has 0 aromatic heterocycles. The minimum absolute atomic E-state index is 0.0628. The van der Waals surface area contributed by atoms with Gasteiger partial charge >= 0.3 is 0 Å². The molecule has 3 N–H and O–H groups in total. The van der Waals surface area contributed by atoms with E-state index in [-0.39, 0.29) is 24.2 Å². The highest BCUT2D eigenvalue weighted by Crippen LogP contribution is 2.24. The van der Waals surface area contributed by atoms with E-state index in [9.17, 15) is 16.8 Å². The highest BCUT2D eigenvalue weighted by molar-refractivity contribution is 7.86. The molecule has 0 aliphatic heterocycles. The van der Waals surface area contributed by atoms with E-state index in [0.29, 0.717) is 6.07 Å². The van der Waals surface area contributed by atoms with E-state index >= 15 is 0 Å². The lowest BCUT2D eigenvalue weighted by molar-refractivity contribution is 0.298. The van der Waals surface area contributed by atoms with Gasteiger partial charge in [-0.3, -0.25) is 9.11 Å². The van der Waals surface area contributed by atoms with Crippen LogP contribution < -0.4 is 0 Å². The van der Waals surface area contributed by atoms with Gasteiger partial charge in [0.1, 0.15) is 0 Å². The van der Waals surface area contributed by atoms with Gasteiger partial charge in [0.15, 0.2) is 0 Å². The Morgan fingerprint density at radius 3 is 2.00 bits per heavy atom. The second kappa shape index (κ2) is 4.94. The first-order chi connectivity index (χ1) is 8.07. The molecule has 18 heavy (non-hydrogen) atoms. The Morgan fingerprint density at radius 1 is 1.06 bits per heavy atom. The van der Waals surface area contributed by atoms with Crippen molar-refractivity contribution in [3.8, 4) is 0 Å². The Labute approximate surface area is 105 Å². The molecule has 1 aromatic rings. The van der Waals surface area contributed by atoms with Crippen molar-refractivity contribution >= 4 is 20.2 Å². The molecule has 0 heterocycles. The zero-order chi connectivity index (χ0) is 14.1. The number of aliphatic hydroxyl groups excluding tert-OH is 1. The van der Waals surface area contributed by atoms with Gasteiger partial charge in [0.25, 0.3) is 20.2 Å². The van der Waals surface area contributed by atoms with Crippen LogP contribution in [-0.2, 0) is 26.7 Å². The largest absolute Gasteiger partial charge is 0.396 e. The van der Waals surface area contributed by atoms with Crippen LogP contribution in [0.5, 0.6) is 0 Å². The SMILES string of the molecule is Cc1cc(S(=O)(=O)O)cc(S(=O)(=O)O)c1CCO. The van der Waals surface area contributed by atoms with Gasteiger partial charge in [0.2, 0.25) is 0 Å². The average Bonchev–Trinajstić information content (AvgIpc) is 2.17. The number of rotatable bonds is 4. The van der Waals surface area contributed by atoms with Crippen LogP contribution in [0, 0.1) is 6.92 Å². The van der Waals surface area contributed by atoms with Crippen molar-refractivity contribution in [2.24, 2.45) is 0 Å². The molecule has 0 amide bonds. The number of hydrogen-bond donors (Lipinski definition) is 3. The van der Waals surface area contributed by atoms with Crippen LogP contribution in [0.15, 0.2) is 21.9 Å². The van der Waals surface area contributed by atoms with E-state index in [1.165, 1.54) is 6.92 Å². The van der Waals surface area contributed by atoms with E-state index < -0.39 is 30.0 Å². The Kier molecular flexibility index (Phi) is 4.13. The number of aliphatic hydroxyl groups is 1. The summed E-state index contributed by atoms with van der Waals surface area (Å²) in [6.07, 6.45) is -0.0628. The smallest absolute Gasteiger partial charge is 0.294 e. The molecule has 0 bridgehead atoms. The van der Waals surface area contributed by atoms with E-state index in [1.807, 2.05) is 0 Å². The quantitative estimate of drug-likeness (QED) is 0.668. The van der Waals surface area contributed by atoms with E-state index in [2.05, 4.69) is 0 Å². The third kappa shape index (κ3) is 3.27. The molecule has 0 atom stereocenters. The number of aryl methyl sites for hydroxylation is 1. The monoisotopic (exact) mass is 296 g/mol. The summed E-state index contributed by atoms with van der Waals surface area (Å²) in [5, 5.41) is 8.82. The summed E-state index contributed by atoms with van der Waals surface area (Å²) < 4.78 is 62.1. The Balaban J connectivity index is 3.69. The fourth-order valence-corrected chi connectivity index (χ4v) is 3.08. The van der Waals surface area contributed by atoms with Gasteiger partial charge in [-0.2, -0.15) is 16.8 Å². The fourth-order valence-electron chi connectivity index (χ4n) is 1.56. The summed E-state index contributed by atoms with van der Waals surface area (Å²) in [5.41, 5.74) is 0.333. The molecular formula is C9H12O7S2. The highest BCUT2D eigenvalue weighted by Gasteiger charge is 2.22. The lowest BCUT2D eigenvalue weighted by Crippen LogP contribution is -2.10. The fraction of sp³-hybridized carbons (Fsp3) is 0.333. The second-order valence-corrected chi connectivity index (χ2v) is 6.45. The molecule has 0 spiro atoms. The molecule has 0 saturated heterocycles. The van der Waals surface area contributed by atoms with Crippen molar-refractivity contribution in [3.05, 3.63) is 23.3 Å². The van der Waals surface area contributed by atoms with Gasteiger partial charge in [0.05, 0.1) is 9.79 Å². The summed E-state index contributed by atoms with van der Waals surface area (Å²) in [4.78, 5) is -1.27. The summed E-state index contributed by atoms with van der Waals surface area (Å²) in [6.45, 7) is 1.04. The van der Waals surface area contributed by atoms with Gasteiger partial charge < -0.3 is 5.11 Å². The van der Waals surface area contributed by atoms with Crippen molar-refractivity contribution in [2.75, 3.05) is 6.61 Å². The topological polar surface area (TPSA) is 129 Å². The molecule has 1 aromatic carbocycles. The van der Waals surface area contributed by atoms with Crippen LogP contribution in [-0.4, -0.2) is 37.7 Å². The molecular weight excluding hydrogens is 284 g/mol. The van der Waals surface area contributed by atoms with Crippen LogP contribution in [0.2, 0.25) is 0 Å². The molecule has 0 aliphatic rings. The Morgan fingerprint density at radius 2 is 1.61 bits per heavy atom. The average molecular weight is 296 g/mol. The second-order valence-electron chi connectivity index (χ2n) is 3.64. The lowest BCUT2D eigenvalue weighted by atomic mass is 10.1. The maximum atomic E-state index is 11.2. The first-order valence-electron chi connectivity index (χ1n) is 4.76. The minimum Gasteiger partial charge on any atom is -0.396 e. The normalized spacial score (nSPS) is 12.7. The van der Waals surface area contributed by atoms with Crippen LogP contribution in [0.4, 0.5) is 0 Å². The van der Waals surface area contributed by atoms with Gasteiger partial charge in [-0.1, -0.05) is 0 Å². The highest BCUT2D eigenvalue weighted by atomic mass is 32.2. The Hall–Kier alpha value is -1.00. The van der Waals surface area contributed by atoms with Gasteiger partial charge in [-0.15, -0.1) is 0 Å². The molecule has 1 rings (SSSR count). The first kappa shape index (κ1) is 15.1. The molecule has 102 valence electrons. The number of benzene rings is 1. The third-order valence-electron chi connectivity index (χ3n) is 2.34. The molecule has 9 heteroatoms. The Bertz CT molecular complexity index is 658. The van der Waals surface area contributed by atoms with Gasteiger partial charge in [-0.25, -0.2) is 0 Å². The van der Waals surface area contributed by atoms with Gasteiger partial charge in [-0.05, 0) is 36.6 Å². The van der Waals surface area contributed by atoms with Crippen LogP contribution in [0.25, 0.3) is 0 Å². The zero-order valence-corrected chi connectivity index (χ0v) is 11.0. The van der Waals surface area contributed by atoms with Crippen LogP contribution in [0.3, 0.4) is 0 Å². The maximum Gasteiger partial charge on any atom is 0.294 e. The van der Waals surface area contributed by atoms with Crippen molar-refractivity contribution in [3.63, 3.8) is 0 Å². The predicted molar refractivity (Wildman–Crippen MR) is 61.6 cm³/mol. The van der Waals surface area contributed by atoms with E-state index in [1.54, 1.807) is 0 Å². The summed E-state index contributed by atoms with van der Waals surface area (Å²) in [7, 11) is -9.23. The molecule has 7 nitrogen and oxygen atoms in total. The van der Waals surface area contributed by atoms with Gasteiger partial charge in [0, 0.05) is 6.61 Å². The summed E-state index contributed by atoms with van der Waals surface area (Å²) in [5.74, 6) is 0. The van der Waals surface area contributed by atoms with E-state index in [0.717, 1.165) is 6.07 Å². The van der Waals surface area contributed by atoms with Crippen molar-refractivity contribution in [2.45, 2.75) is 23.1 Å². The zero-order valence-electron chi connectivity index (χ0n) is 9.36. The first-order valence-corrected chi connectivity index (χ1v) is 7.64. The van der Waals surface area contributed by atoms with Crippen molar-refractivity contribution < 1.29 is 31.0 Å². The summed E-state index contributed by atoms with van der Waals surface area (Å²) >= 11 is 0. The van der Waals surface area contributed by atoms with Crippen LogP contribution >= 0.6 is 0 Å². The molecule has 0 aliphatic carbocycles. The number of hydrogen-bond acceptors (Lipinski definition) is 5. The minimum atomic E-state index is -4.65. The molecule has 0 saturated carbocycles. The van der Waals surface area contributed by atoms with Crippen molar-refractivity contribution in [1.82, 2.24) is 0 Å². The maximum absolute atomic E-state index is 11.2. The van der Waals surface area contributed by atoms with E-state index in [4.69, 9.17) is 14.2 Å². The summed E-state index contributed by atoms with van der Waals surface area (Å²) in [6, 6.07) is 1.72. The predicted octanol–water partition coefficient (Wildman–Crippen LogP) is 0.0232. The lowest BCUT2D eigenvalue weighted by Gasteiger charge is -2.11. The van der Waals surface area contributed by atoms with Crippen LogP contribution in [0.1, 0.15) is 11.1 Å². The molecule has 0 fully saturated rings. The van der Waals surface area contributed by atoms with Crippen molar-refractivity contribution in [1.29, 1.82) is 0 Å². The standard InChI is InChI=1S/C9H12O7S2/c1-6-4-7(17(11,12)13)5-9(18(14,15)16)8(6)2-3-10/h4-5,10H,2-3H2,1H3,(H,11,12,13)(H,14,15,16). The molecule has 0 radical (unpaired) electrons. The third-order valence-corrected chi connectivity index (χ3v) is 4.09.